The van der Waals surface area contributed by atoms with Crippen molar-refractivity contribution < 1.29 is 14.1 Å². The van der Waals surface area contributed by atoms with E-state index in [4.69, 9.17) is 9.26 Å². The minimum Gasteiger partial charge on any atom is -0.377 e. The van der Waals surface area contributed by atoms with Gasteiger partial charge in [-0.3, -0.25) is 9.78 Å². The fourth-order valence-electron chi connectivity index (χ4n) is 4.51. The molecule has 1 aliphatic carbocycles. The standard InChI is InChI=1S/C19H24N4O3/c1-13-6-5-9-20-16(13)18(24)23-10-14(19(12-23)7-3-4-8-19)17-21-15(11-25-2)22-26-17/h5-6,9,14H,3-4,7-8,10-12H2,1-2H3. The largest absolute Gasteiger partial charge is 0.377 e. The average Bonchev–Trinajstić information content (AvgIpc) is 3.37. The van der Waals surface area contributed by atoms with Gasteiger partial charge in [0.15, 0.2) is 5.82 Å². The lowest BCUT2D eigenvalue weighted by Crippen LogP contribution is -2.32. The maximum absolute atomic E-state index is 13.1. The van der Waals surface area contributed by atoms with Gasteiger partial charge in [0, 0.05) is 31.8 Å². The van der Waals surface area contributed by atoms with Gasteiger partial charge in [-0.25, -0.2) is 0 Å². The molecule has 2 aliphatic rings. The highest BCUT2D eigenvalue weighted by molar-refractivity contribution is 5.94. The highest BCUT2D eigenvalue weighted by Crippen LogP contribution is 2.53. The van der Waals surface area contributed by atoms with Crippen molar-refractivity contribution in [1.29, 1.82) is 0 Å². The Bertz CT molecular complexity index is 798. The van der Waals surface area contributed by atoms with Gasteiger partial charge in [-0.15, -0.1) is 0 Å². The lowest BCUT2D eigenvalue weighted by molar-refractivity contribution is 0.0766. The molecule has 1 amide bonds. The minimum absolute atomic E-state index is 0.00601. The zero-order valence-corrected chi connectivity index (χ0v) is 15.3. The van der Waals surface area contributed by atoms with Crippen LogP contribution in [0.2, 0.25) is 0 Å². The fraction of sp³-hybridized carbons (Fsp3) is 0.579. The summed E-state index contributed by atoms with van der Waals surface area (Å²) in [7, 11) is 1.61. The van der Waals surface area contributed by atoms with E-state index in [1.165, 1.54) is 12.8 Å². The third-order valence-corrected chi connectivity index (χ3v) is 5.80. The number of likely N-dealkylation sites (tertiary alicyclic amines) is 1. The minimum atomic E-state index is -0.00601. The summed E-state index contributed by atoms with van der Waals surface area (Å²) in [6.45, 7) is 3.59. The molecular weight excluding hydrogens is 332 g/mol. The SMILES string of the molecule is COCc1noc(C2CN(C(=O)c3ncccc3C)CC23CCCC3)n1. The molecule has 0 N–H and O–H groups in total. The van der Waals surface area contributed by atoms with E-state index in [0.717, 1.165) is 24.9 Å². The van der Waals surface area contributed by atoms with E-state index < -0.39 is 0 Å². The molecule has 0 aromatic carbocycles. The lowest BCUT2D eigenvalue weighted by atomic mass is 9.76. The molecule has 0 bridgehead atoms. The monoisotopic (exact) mass is 356 g/mol. The summed E-state index contributed by atoms with van der Waals surface area (Å²) >= 11 is 0. The summed E-state index contributed by atoms with van der Waals surface area (Å²) in [5.74, 6) is 1.26. The van der Waals surface area contributed by atoms with Gasteiger partial charge in [0.05, 0.1) is 5.92 Å². The topological polar surface area (TPSA) is 81.4 Å². The van der Waals surface area contributed by atoms with Gasteiger partial charge in [-0.1, -0.05) is 24.1 Å². The molecule has 0 radical (unpaired) electrons. The summed E-state index contributed by atoms with van der Waals surface area (Å²) in [6.07, 6.45) is 6.21. The smallest absolute Gasteiger partial charge is 0.272 e. The fourth-order valence-corrected chi connectivity index (χ4v) is 4.51. The van der Waals surface area contributed by atoms with Crippen LogP contribution in [-0.2, 0) is 11.3 Å². The van der Waals surface area contributed by atoms with Crippen LogP contribution >= 0.6 is 0 Å². The van der Waals surface area contributed by atoms with Crippen LogP contribution in [0.3, 0.4) is 0 Å². The number of aromatic nitrogens is 3. The van der Waals surface area contributed by atoms with Crippen molar-refractivity contribution in [3.63, 3.8) is 0 Å². The number of nitrogens with zero attached hydrogens (tertiary/aromatic N) is 4. The maximum atomic E-state index is 13.1. The zero-order chi connectivity index (χ0) is 18.1. The Morgan fingerprint density at radius 1 is 1.42 bits per heavy atom. The first-order valence-corrected chi connectivity index (χ1v) is 9.15. The van der Waals surface area contributed by atoms with Crippen molar-refractivity contribution in [2.24, 2.45) is 5.41 Å². The Hall–Kier alpha value is -2.28. The van der Waals surface area contributed by atoms with Gasteiger partial charge in [0.1, 0.15) is 12.3 Å². The van der Waals surface area contributed by atoms with Crippen LogP contribution in [0.4, 0.5) is 0 Å². The predicted octanol–water partition coefficient (Wildman–Crippen LogP) is 2.72. The van der Waals surface area contributed by atoms with Crippen LogP contribution in [0.25, 0.3) is 0 Å². The molecule has 2 fully saturated rings. The second kappa shape index (κ2) is 6.79. The number of methoxy groups -OCH3 is 1. The van der Waals surface area contributed by atoms with E-state index in [-0.39, 0.29) is 17.2 Å². The van der Waals surface area contributed by atoms with Crippen LogP contribution in [0.1, 0.15) is 59.4 Å². The molecule has 2 aromatic rings. The van der Waals surface area contributed by atoms with Crippen molar-refractivity contribution in [3.8, 4) is 0 Å². The van der Waals surface area contributed by atoms with Gasteiger partial charge >= 0.3 is 0 Å². The summed E-state index contributed by atoms with van der Waals surface area (Å²) in [5, 5.41) is 4.02. The van der Waals surface area contributed by atoms with Crippen molar-refractivity contribution in [3.05, 3.63) is 41.3 Å². The Balaban J connectivity index is 1.62. The lowest BCUT2D eigenvalue weighted by Gasteiger charge is -2.27. The van der Waals surface area contributed by atoms with E-state index in [1.807, 2.05) is 24.0 Å². The van der Waals surface area contributed by atoms with Crippen molar-refractivity contribution >= 4 is 5.91 Å². The summed E-state index contributed by atoms with van der Waals surface area (Å²) in [4.78, 5) is 23.8. The number of carbonyl (C=O) groups excluding carboxylic acids is 1. The summed E-state index contributed by atoms with van der Waals surface area (Å²) in [5.41, 5.74) is 1.48. The number of carbonyl (C=O) groups is 1. The van der Waals surface area contributed by atoms with Gasteiger partial charge in [-0.2, -0.15) is 4.98 Å². The van der Waals surface area contributed by atoms with E-state index >= 15 is 0 Å². The van der Waals surface area contributed by atoms with Crippen molar-refractivity contribution in [2.45, 2.75) is 45.1 Å². The maximum Gasteiger partial charge on any atom is 0.272 e. The molecule has 138 valence electrons. The van der Waals surface area contributed by atoms with Gasteiger partial charge in [-0.05, 0) is 31.4 Å². The van der Waals surface area contributed by atoms with Gasteiger partial charge < -0.3 is 14.2 Å². The molecule has 26 heavy (non-hydrogen) atoms. The molecule has 3 heterocycles. The number of hydrogen-bond acceptors (Lipinski definition) is 6. The molecular formula is C19H24N4O3. The number of ether oxygens (including phenoxy) is 1. The van der Waals surface area contributed by atoms with E-state index in [2.05, 4.69) is 15.1 Å². The number of hydrogen-bond donors (Lipinski definition) is 0. The van der Waals surface area contributed by atoms with E-state index in [9.17, 15) is 4.79 Å². The Morgan fingerprint density at radius 3 is 2.96 bits per heavy atom. The zero-order valence-electron chi connectivity index (χ0n) is 15.3. The highest BCUT2D eigenvalue weighted by atomic mass is 16.5. The normalized spacial score (nSPS) is 21.6. The van der Waals surface area contributed by atoms with Crippen molar-refractivity contribution in [1.82, 2.24) is 20.0 Å². The molecule has 1 saturated carbocycles. The van der Waals surface area contributed by atoms with Crippen LogP contribution in [-0.4, -0.2) is 46.1 Å². The van der Waals surface area contributed by atoms with Crippen molar-refractivity contribution in [2.75, 3.05) is 20.2 Å². The molecule has 1 spiro atoms. The third kappa shape index (κ3) is 2.90. The Morgan fingerprint density at radius 2 is 2.23 bits per heavy atom. The van der Waals surface area contributed by atoms with Crippen LogP contribution in [0.15, 0.2) is 22.9 Å². The Kier molecular flexibility index (Phi) is 4.48. The van der Waals surface area contributed by atoms with Crippen LogP contribution < -0.4 is 0 Å². The molecule has 7 heteroatoms. The highest BCUT2D eigenvalue weighted by Gasteiger charge is 2.52. The molecule has 1 saturated heterocycles. The first-order valence-electron chi connectivity index (χ1n) is 9.15. The van der Waals surface area contributed by atoms with E-state index in [0.29, 0.717) is 30.6 Å². The molecule has 1 aliphatic heterocycles. The molecule has 1 atom stereocenters. The summed E-state index contributed by atoms with van der Waals surface area (Å²) < 4.78 is 10.6. The second-order valence-corrected chi connectivity index (χ2v) is 7.46. The predicted molar refractivity (Wildman–Crippen MR) is 93.5 cm³/mol. The first-order chi connectivity index (χ1) is 12.6. The number of amides is 1. The van der Waals surface area contributed by atoms with Crippen LogP contribution in [0, 0.1) is 12.3 Å². The average molecular weight is 356 g/mol. The molecule has 4 rings (SSSR count). The second-order valence-electron chi connectivity index (χ2n) is 7.46. The van der Waals surface area contributed by atoms with Gasteiger partial charge in [0.25, 0.3) is 5.91 Å². The number of pyridine rings is 1. The molecule has 1 unspecified atom stereocenters. The molecule has 7 nitrogen and oxygen atoms in total. The Labute approximate surface area is 152 Å². The first kappa shape index (κ1) is 17.1. The summed E-state index contributed by atoms with van der Waals surface area (Å²) in [6, 6.07) is 3.78. The number of aryl methyl sites for hydroxylation is 1. The quantitative estimate of drug-likeness (QED) is 0.838. The van der Waals surface area contributed by atoms with E-state index in [1.54, 1.807) is 13.3 Å². The molecule has 2 aromatic heterocycles. The third-order valence-electron chi connectivity index (χ3n) is 5.80. The number of rotatable bonds is 4. The van der Waals surface area contributed by atoms with Gasteiger partial charge in [0.2, 0.25) is 5.89 Å². The van der Waals surface area contributed by atoms with Crippen LogP contribution in [0.5, 0.6) is 0 Å².